The average molecular weight is 403 g/mol. The number of aryl methyl sites for hydroxylation is 1. The molecule has 0 amide bonds. The number of carbonyl (C=O) groups is 2. The molecule has 0 N–H and O–H groups in total. The third-order valence-electron chi connectivity index (χ3n) is 4.78. The molecule has 0 radical (unpaired) electrons. The average Bonchev–Trinajstić information content (AvgIpc) is 3.28. The molecule has 0 aliphatic carbocycles. The molecule has 0 aliphatic heterocycles. The quantitative estimate of drug-likeness (QED) is 0.347. The van der Waals surface area contributed by atoms with E-state index in [2.05, 4.69) is 6.07 Å². The second kappa shape index (κ2) is 8.09. The van der Waals surface area contributed by atoms with Gasteiger partial charge in [0.05, 0.1) is 18.0 Å². The number of carbonyl (C=O) groups excluding carboxylic acids is 2. The SMILES string of the molecule is N#CCCn1cc(C(=O)COC(=O)Cn2c(=O)oc3ccccc32)c2ccccc21. The summed E-state index contributed by atoms with van der Waals surface area (Å²) in [5, 5.41) is 9.56. The molecular weight excluding hydrogens is 386 g/mol. The molecule has 4 rings (SSSR count). The number of benzene rings is 2. The van der Waals surface area contributed by atoms with Crippen LogP contribution >= 0.6 is 0 Å². The summed E-state index contributed by atoms with van der Waals surface area (Å²) in [5.41, 5.74) is 2.10. The third-order valence-corrected chi connectivity index (χ3v) is 4.78. The van der Waals surface area contributed by atoms with Gasteiger partial charge < -0.3 is 13.7 Å². The van der Waals surface area contributed by atoms with Crippen LogP contribution in [0.15, 0.2) is 63.9 Å². The van der Waals surface area contributed by atoms with Crippen LogP contribution in [0.5, 0.6) is 0 Å². The molecule has 0 fully saturated rings. The van der Waals surface area contributed by atoms with Crippen molar-refractivity contribution in [2.45, 2.75) is 19.5 Å². The number of hydrogen-bond donors (Lipinski definition) is 0. The Labute approximate surface area is 170 Å². The highest BCUT2D eigenvalue weighted by Crippen LogP contribution is 2.22. The van der Waals surface area contributed by atoms with E-state index in [4.69, 9.17) is 14.4 Å². The minimum absolute atomic E-state index is 0.314. The Morgan fingerprint density at radius 2 is 1.80 bits per heavy atom. The summed E-state index contributed by atoms with van der Waals surface area (Å²) in [4.78, 5) is 36.9. The lowest BCUT2D eigenvalue weighted by atomic mass is 10.1. The molecule has 30 heavy (non-hydrogen) atoms. The molecule has 8 heteroatoms. The van der Waals surface area contributed by atoms with Crippen LogP contribution in [0.3, 0.4) is 0 Å². The van der Waals surface area contributed by atoms with Gasteiger partial charge in [-0.15, -0.1) is 0 Å². The predicted octanol–water partition coefficient (Wildman–Crippen LogP) is 2.89. The first-order chi connectivity index (χ1) is 14.6. The number of aromatic nitrogens is 2. The number of oxazole rings is 1. The Bertz CT molecular complexity index is 1350. The molecule has 0 atom stereocenters. The smallest absolute Gasteiger partial charge is 0.420 e. The molecule has 8 nitrogen and oxygen atoms in total. The second-order valence-corrected chi connectivity index (χ2v) is 6.67. The van der Waals surface area contributed by atoms with Gasteiger partial charge in [0.25, 0.3) is 0 Å². The summed E-state index contributed by atoms with van der Waals surface area (Å²) >= 11 is 0. The fourth-order valence-electron chi connectivity index (χ4n) is 3.39. The van der Waals surface area contributed by atoms with Gasteiger partial charge in [0.15, 0.2) is 12.2 Å². The summed E-state index contributed by atoms with van der Waals surface area (Å²) in [5.74, 6) is -1.75. The summed E-state index contributed by atoms with van der Waals surface area (Å²) in [6.45, 7) is -0.344. The first-order valence-corrected chi connectivity index (χ1v) is 9.30. The molecule has 0 aliphatic rings. The van der Waals surface area contributed by atoms with Crippen LogP contribution < -0.4 is 5.76 Å². The summed E-state index contributed by atoms with van der Waals surface area (Å²) in [7, 11) is 0. The van der Waals surface area contributed by atoms with Gasteiger partial charge in [0.1, 0.15) is 6.54 Å². The van der Waals surface area contributed by atoms with E-state index in [0.717, 1.165) is 15.5 Å². The Morgan fingerprint density at radius 3 is 2.60 bits per heavy atom. The molecule has 2 heterocycles. The number of ketones is 1. The minimum atomic E-state index is -0.717. The van der Waals surface area contributed by atoms with Crippen LogP contribution in [0.25, 0.3) is 22.0 Å². The Hall–Kier alpha value is -4.12. The zero-order valence-corrected chi connectivity index (χ0v) is 15.9. The van der Waals surface area contributed by atoms with Gasteiger partial charge in [-0.25, -0.2) is 4.79 Å². The van der Waals surface area contributed by atoms with E-state index in [1.807, 2.05) is 28.8 Å². The fraction of sp³-hybridized carbons (Fsp3) is 0.182. The maximum Gasteiger partial charge on any atom is 0.420 e. The summed E-state index contributed by atoms with van der Waals surface area (Å²) < 4.78 is 13.2. The Kier molecular flexibility index (Phi) is 5.18. The number of esters is 1. The Morgan fingerprint density at radius 1 is 1.07 bits per heavy atom. The molecule has 4 aromatic rings. The zero-order valence-electron chi connectivity index (χ0n) is 15.9. The number of rotatable bonds is 7. The largest absolute Gasteiger partial charge is 0.456 e. The van der Waals surface area contributed by atoms with Crippen LogP contribution in [-0.4, -0.2) is 27.5 Å². The van der Waals surface area contributed by atoms with Gasteiger partial charge >= 0.3 is 11.7 Å². The number of para-hydroxylation sites is 3. The normalized spacial score (nSPS) is 10.9. The first-order valence-electron chi connectivity index (χ1n) is 9.30. The lowest BCUT2D eigenvalue weighted by molar-refractivity contribution is -0.143. The van der Waals surface area contributed by atoms with Crippen molar-refractivity contribution in [3.05, 3.63) is 70.8 Å². The van der Waals surface area contributed by atoms with Crippen LogP contribution in [0.1, 0.15) is 16.8 Å². The molecular formula is C22H17N3O5. The number of nitrogens with zero attached hydrogens (tertiary/aromatic N) is 3. The maximum atomic E-state index is 12.7. The van der Waals surface area contributed by atoms with Crippen LogP contribution in [0.2, 0.25) is 0 Å². The second-order valence-electron chi connectivity index (χ2n) is 6.67. The van der Waals surface area contributed by atoms with Crippen molar-refractivity contribution in [2.75, 3.05) is 6.61 Å². The minimum Gasteiger partial charge on any atom is -0.456 e. The molecule has 0 unspecified atom stereocenters. The van der Waals surface area contributed by atoms with E-state index < -0.39 is 18.3 Å². The molecule has 150 valence electrons. The zero-order chi connectivity index (χ0) is 21.1. The molecule has 0 bridgehead atoms. The summed E-state index contributed by atoms with van der Waals surface area (Å²) in [6.07, 6.45) is 1.99. The molecule has 0 saturated heterocycles. The fourth-order valence-corrected chi connectivity index (χ4v) is 3.39. The van der Waals surface area contributed by atoms with Crippen molar-refractivity contribution < 1.29 is 18.7 Å². The Balaban J connectivity index is 1.48. The lowest BCUT2D eigenvalue weighted by Gasteiger charge is -2.04. The maximum absolute atomic E-state index is 12.7. The van der Waals surface area contributed by atoms with Crippen molar-refractivity contribution in [3.8, 4) is 6.07 Å². The van der Waals surface area contributed by atoms with Crippen molar-refractivity contribution in [1.29, 1.82) is 5.26 Å². The van der Waals surface area contributed by atoms with Crippen LogP contribution in [0, 0.1) is 11.3 Å². The van der Waals surface area contributed by atoms with E-state index in [1.54, 1.807) is 30.5 Å². The number of hydrogen-bond acceptors (Lipinski definition) is 6. The van der Waals surface area contributed by atoms with Crippen LogP contribution in [-0.2, 0) is 22.6 Å². The lowest BCUT2D eigenvalue weighted by Crippen LogP contribution is -2.23. The molecule has 0 spiro atoms. The molecule has 2 aromatic carbocycles. The van der Waals surface area contributed by atoms with Gasteiger partial charge in [-0.2, -0.15) is 5.26 Å². The van der Waals surface area contributed by atoms with Gasteiger partial charge in [-0.1, -0.05) is 30.3 Å². The topological polar surface area (TPSA) is 107 Å². The van der Waals surface area contributed by atoms with Gasteiger partial charge in [0, 0.05) is 29.2 Å². The monoisotopic (exact) mass is 403 g/mol. The van der Waals surface area contributed by atoms with E-state index in [9.17, 15) is 14.4 Å². The van der Waals surface area contributed by atoms with Crippen molar-refractivity contribution in [2.24, 2.45) is 0 Å². The van der Waals surface area contributed by atoms with Crippen molar-refractivity contribution >= 4 is 33.8 Å². The number of nitriles is 1. The molecule has 2 aromatic heterocycles. The van der Waals surface area contributed by atoms with Gasteiger partial charge in [0.2, 0.25) is 5.78 Å². The highest BCUT2D eigenvalue weighted by molar-refractivity contribution is 6.09. The van der Waals surface area contributed by atoms with Gasteiger partial charge in [-0.3, -0.25) is 14.2 Å². The van der Waals surface area contributed by atoms with Crippen LogP contribution in [0.4, 0.5) is 0 Å². The highest BCUT2D eigenvalue weighted by Gasteiger charge is 2.18. The first kappa shape index (κ1) is 19.2. The van der Waals surface area contributed by atoms with E-state index in [1.165, 1.54) is 0 Å². The highest BCUT2D eigenvalue weighted by atomic mass is 16.5. The number of fused-ring (bicyclic) bond motifs is 2. The van der Waals surface area contributed by atoms with Crippen molar-refractivity contribution in [3.63, 3.8) is 0 Å². The van der Waals surface area contributed by atoms with E-state index in [-0.39, 0.29) is 12.3 Å². The third kappa shape index (κ3) is 3.61. The van der Waals surface area contributed by atoms with Crippen molar-refractivity contribution in [1.82, 2.24) is 9.13 Å². The summed E-state index contributed by atoms with van der Waals surface area (Å²) in [6, 6.07) is 16.2. The van der Waals surface area contributed by atoms with E-state index in [0.29, 0.717) is 29.6 Å². The van der Waals surface area contributed by atoms with Gasteiger partial charge in [-0.05, 0) is 18.2 Å². The number of ether oxygens (including phenoxy) is 1. The predicted molar refractivity (Wildman–Crippen MR) is 108 cm³/mol. The number of Topliss-reactive ketones (excluding diaryl/α,β-unsaturated/α-hetero) is 1. The molecule has 0 saturated carbocycles. The standard InChI is InChI=1S/C22H17N3O5/c23-10-5-11-24-12-16(15-6-1-2-7-17(15)24)19(26)14-29-21(27)13-25-18-8-3-4-9-20(18)30-22(25)28/h1-4,6-9,12H,5,11,13-14H2. The van der Waals surface area contributed by atoms with E-state index >= 15 is 0 Å².